The summed E-state index contributed by atoms with van der Waals surface area (Å²) in [6.45, 7) is 3.46. The maximum absolute atomic E-state index is 12.6. The highest BCUT2D eigenvalue weighted by atomic mass is 32.2. The van der Waals surface area contributed by atoms with Crippen molar-refractivity contribution >= 4 is 50.6 Å². The van der Waals surface area contributed by atoms with Crippen molar-refractivity contribution in [3.63, 3.8) is 0 Å². The second kappa shape index (κ2) is 9.67. The lowest BCUT2D eigenvalue weighted by atomic mass is 10.2. The van der Waals surface area contributed by atoms with Gasteiger partial charge in [0.1, 0.15) is 0 Å². The fourth-order valence-electron chi connectivity index (χ4n) is 2.74. The lowest BCUT2D eigenvalue weighted by Gasteiger charge is -2.11. The maximum Gasteiger partial charge on any atom is 0.269 e. The van der Waals surface area contributed by atoms with Crippen LogP contribution in [0.4, 0.5) is 17.3 Å². The van der Waals surface area contributed by atoms with Crippen LogP contribution in [0.25, 0.3) is 0 Å². The summed E-state index contributed by atoms with van der Waals surface area (Å²) in [6, 6.07) is 12.4. The van der Waals surface area contributed by atoms with Crippen LogP contribution in [0.5, 0.6) is 0 Å². The highest BCUT2D eigenvalue weighted by Crippen LogP contribution is 2.17. The van der Waals surface area contributed by atoms with Gasteiger partial charge in [0, 0.05) is 34.8 Å². The quantitative estimate of drug-likeness (QED) is 0.271. The van der Waals surface area contributed by atoms with Crippen LogP contribution in [-0.4, -0.2) is 34.3 Å². The van der Waals surface area contributed by atoms with E-state index < -0.39 is 20.9 Å². The van der Waals surface area contributed by atoms with Crippen molar-refractivity contribution in [2.75, 3.05) is 10.0 Å². The highest BCUT2D eigenvalue weighted by Gasteiger charge is 2.16. The Morgan fingerprint density at radius 1 is 1.00 bits per heavy atom. The van der Waals surface area contributed by atoms with Crippen molar-refractivity contribution in [2.45, 2.75) is 18.7 Å². The molecular weight excluding hydrogens is 468 g/mol. The Kier molecular flexibility index (Phi) is 6.94. The smallest absolute Gasteiger partial charge is 0.269 e. The average molecular weight is 487 g/mol. The van der Waals surface area contributed by atoms with E-state index in [0.717, 1.165) is 0 Å². The summed E-state index contributed by atoms with van der Waals surface area (Å²) in [6.07, 6.45) is 0. The standard InChI is InChI=1S/C20H18N6O5S2/c1-12-11-13(2)22-19(21-12)25-33(30,31)17-9-5-15(6-10-17)23-20(32)24-18(27)14-3-7-16(8-4-14)26(28)29/h3-11H,1-2H3,(H,21,22,25)(H2,23,24,27,32). The number of benzene rings is 2. The molecule has 1 heterocycles. The molecule has 170 valence electrons. The number of nitro benzene ring substituents is 1. The number of sulfonamides is 1. The zero-order valence-electron chi connectivity index (χ0n) is 17.4. The number of rotatable bonds is 6. The molecule has 1 aromatic heterocycles. The minimum atomic E-state index is -3.91. The summed E-state index contributed by atoms with van der Waals surface area (Å²) >= 11 is 5.10. The molecule has 0 saturated heterocycles. The third-order valence-electron chi connectivity index (χ3n) is 4.20. The molecular formula is C20H18N6O5S2. The van der Waals surface area contributed by atoms with Crippen molar-refractivity contribution < 1.29 is 18.1 Å². The van der Waals surface area contributed by atoms with Gasteiger partial charge in [-0.3, -0.25) is 20.2 Å². The molecule has 3 rings (SSSR count). The van der Waals surface area contributed by atoms with Crippen LogP contribution in [0.3, 0.4) is 0 Å². The molecule has 33 heavy (non-hydrogen) atoms. The van der Waals surface area contributed by atoms with E-state index in [1.807, 2.05) is 0 Å². The van der Waals surface area contributed by atoms with Crippen LogP contribution in [0.15, 0.2) is 59.5 Å². The van der Waals surface area contributed by atoms with Gasteiger partial charge in [-0.25, -0.2) is 23.1 Å². The summed E-state index contributed by atoms with van der Waals surface area (Å²) in [4.78, 5) is 30.5. The molecule has 13 heteroatoms. The van der Waals surface area contributed by atoms with E-state index in [1.165, 1.54) is 48.5 Å². The average Bonchev–Trinajstić information content (AvgIpc) is 2.73. The third kappa shape index (κ3) is 6.27. The first-order valence-corrected chi connectivity index (χ1v) is 11.2. The number of anilines is 2. The van der Waals surface area contributed by atoms with Crippen LogP contribution >= 0.6 is 12.2 Å². The van der Waals surface area contributed by atoms with Crippen molar-refractivity contribution in [1.82, 2.24) is 15.3 Å². The number of hydrogen-bond donors (Lipinski definition) is 3. The molecule has 0 bridgehead atoms. The van der Waals surface area contributed by atoms with Crippen molar-refractivity contribution in [3.8, 4) is 0 Å². The van der Waals surface area contributed by atoms with Crippen LogP contribution in [-0.2, 0) is 10.0 Å². The van der Waals surface area contributed by atoms with Crippen LogP contribution in [0.1, 0.15) is 21.7 Å². The first kappa shape index (κ1) is 23.7. The Balaban J connectivity index is 1.62. The first-order valence-electron chi connectivity index (χ1n) is 9.35. The van der Waals surface area contributed by atoms with E-state index in [-0.39, 0.29) is 27.2 Å². The number of non-ortho nitro benzene ring substituents is 1. The van der Waals surface area contributed by atoms with E-state index in [0.29, 0.717) is 17.1 Å². The number of amides is 1. The van der Waals surface area contributed by atoms with E-state index in [2.05, 4.69) is 25.3 Å². The molecule has 2 aromatic carbocycles. The second-order valence-electron chi connectivity index (χ2n) is 6.82. The van der Waals surface area contributed by atoms with Crippen molar-refractivity contribution in [2.24, 2.45) is 0 Å². The Hall–Kier alpha value is -3.97. The largest absolute Gasteiger partial charge is 0.332 e. The SMILES string of the molecule is Cc1cc(C)nc(NS(=O)(=O)c2ccc(NC(=S)NC(=O)c3ccc([N+](=O)[O-])cc3)cc2)n1. The predicted molar refractivity (Wildman–Crippen MR) is 126 cm³/mol. The van der Waals surface area contributed by atoms with Crippen LogP contribution < -0.4 is 15.4 Å². The summed E-state index contributed by atoms with van der Waals surface area (Å²) in [5.41, 5.74) is 1.74. The molecule has 0 aliphatic heterocycles. The molecule has 0 aliphatic rings. The number of aryl methyl sites for hydroxylation is 2. The van der Waals surface area contributed by atoms with Gasteiger partial charge in [0.05, 0.1) is 9.82 Å². The summed E-state index contributed by atoms with van der Waals surface area (Å²) in [5.74, 6) is -0.580. The molecule has 0 radical (unpaired) electrons. The molecule has 0 fully saturated rings. The van der Waals surface area contributed by atoms with Gasteiger partial charge in [0.15, 0.2) is 5.11 Å². The Labute approximate surface area is 194 Å². The molecule has 11 nitrogen and oxygen atoms in total. The van der Waals surface area contributed by atoms with Gasteiger partial charge in [-0.05, 0) is 68.5 Å². The zero-order chi connectivity index (χ0) is 24.2. The number of hydrogen-bond acceptors (Lipinski definition) is 8. The lowest BCUT2D eigenvalue weighted by Crippen LogP contribution is -2.34. The molecule has 0 aliphatic carbocycles. The number of thiocarbonyl (C=S) groups is 1. The van der Waals surface area contributed by atoms with Gasteiger partial charge in [-0.1, -0.05) is 0 Å². The van der Waals surface area contributed by atoms with E-state index in [9.17, 15) is 23.3 Å². The molecule has 3 aromatic rings. The third-order valence-corrected chi connectivity index (χ3v) is 5.75. The fraction of sp³-hybridized carbons (Fsp3) is 0.100. The molecule has 0 saturated carbocycles. The monoisotopic (exact) mass is 486 g/mol. The number of carbonyl (C=O) groups is 1. The minimum Gasteiger partial charge on any atom is -0.332 e. The number of aromatic nitrogens is 2. The molecule has 0 unspecified atom stereocenters. The number of nitrogens with zero attached hydrogens (tertiary/aromatic N) is 3. The van der Waals surface area contributed by atoms with Crippen LogP contribution in [0, 0.1) is 24.0 Å². The normalized spacial score (nSPS) is 10.8. The Bertz CT molecular complexity index is 1310. The van der Waals surface area contributed by atoms with Crippen LogP contribution in [0.2, 0.25) is 0 Å². The van der Waals surface area contributed by atoms with Gasteiger partial charge < -0.3 is 5.32 Å². The number of nitro groups is 1. The van der Waals surface area contributed by atoms with E-state index >= 15 is 0 Å². The predicted octanol–water partition coefficient (Wildman–Crippen LogP) is 2.93. The Morgan fingerprint density at radius 3 is 2.12 bits per heavy atom. The lowest BCUT2D eigenvalue weighted by molar-refractivity contribution is -0.384. The van der Waals surface area contributed by atoms with E-state index in [1.54, 1.807) is 19.9 Å². The molecule has 0 atom stereocenters. The van der Waals surface area contributed by atoms with E-state index in [4.69, 9.17) is 12.2 Å². The van der Waals surface area contributed by atoms with Gasteiger partial charge in [0.25, 0.3) is 21.6 Å². The first-order chi connectivity index (χ1) is 15.5. The van der Waals surface area contributed by atoms with Gasteiger partial charge in [-0.2, -0.15) is 0 Å². The molecule has 3 N–H and O–H groups in total. The highest BCUT2D eigenvalue weighted by molar-refractivity contribution is 7.92. The molecule has 1 amide bonds. The summed E-state index contributed by atoms with van der Waals surface area (Å²) in [5, 5.41) is 15.9. The van der Waals surface area contributed by atoms with Crippen molar-refractivity contribution in [1.29, 1.82) is 0 Å². The summed E-state index contributed by atoms with van der Waals surface area (Å²) < 4.78 is 27.5. The zero-order valence-corrected chi connectivity index (χ0v) is 19.0. The molecule has 0 spiro atoms. The van der Waals surface area contributed by atoms with Gasteiger partial charge in [0.2, 0.25) is 5.95 Å². The van der Waals surface area contributed by atoms with Crippen molar-refractivity contribution in [3.05, 3.63) is 81.7 Å². The Morgan fingerprint density at radius 2 is 1.58 bits per heavy atom. The second-order valence-corrected chi connectivity index (χ2v) is 8.91. The number of nitrogens with one attached hydrogen (secondary N) is 3. The maximum atomic E-state index is 12.6. The minimum absolute atomic E-state index is 0.0170. The topological polar surface area (TPSA) is 156 Å². The fourth-order valence-corrected chi connectivity index (χ4v) is 3.89. The van der Waals surface area contributed by atoms with Gasteiger partial charge in [-0.15, -0.1) is 0 Å². The number of carbonyl (C=O) groups excluding carboxylic acids is 1. The summed E-state index contributed by atoms with van der Waals surface area (Å²) in [7, 11) is -3.91. The van der Waals surface area contributed by atoms with Gasteiger partial charge >= 0.3 is 0 Å².